The Hall–Kier alpha value is -2.00. The van der Waals surface area contributed by atoms with E-state index in [1.807, 2.05) is 0 Å². The average molecular weight is 575 g/mol. The van der Waals surface area contributed by atoms with Gasteiger partial charge < -0.3 is 10.2 Å². The number of rotatable bonds is 9. The SMILES string of the molecule is C[C@H](C(=O)NC1CCCCC1)N(Cc1ccc(Cl)cc1Cl)C(=O)CN(c1ccc(Cl)cc1)S(C)(=O)=O. The van der Waals surface area contributed by atoms with Gasteiger partial charge in [-0.25, -0.2) is 8.42 Å². The molecule has 1 atom stereocenters. The van der Waals surface area contributed by atoms with Crippen LogP contribution in [0.3, 0.4) is 0 Å². The van der Waals surface area contributed by atoms with Crippen LogP contribution in [-0.4, -0.2) is 50.0 Å². The van der Waals surface area contributed by atoms with Crippen LogP contribution in [0.2, 0.25) is 15.1 Å². The van der Waals surface area contributed by atoms with Gasteiger partial charge in [0, 0.05) is 27.7 Å². The fourth-order valence-electron chi connectivity index (χ4n) is 4.21. The minimum absolute atomic E-state index is 0.00626. The molecule has 1 N–H and O–H groups in total. The normalized spacial score (nSPS) is 15.2. The van der Waals surface area contributed by atoms with Gasteiger partial charge in [0.2, 0.25) is 21.8 Å². The highest BCUT2D eigenvalue weighted by Gasteiger charge is 2.31. The third kappa shape index (κ3) is 7.75. The average Bonchev–Trinajstić information content (AvgIpc) is 2.82. The molecule has 0 saturated heterocycles. The van der Waals surface area contributed by atoms with E-state index in [9.17, 15) is 18.0 Å². The number of sulfonamides is 1. The fourth-order valence-corrected chi connectivity index (χ4v) is 5.65. The van der Waals surface area contributed by atoms with E-state index in [4.69, 9.17) is 34.8 Å². The predicted molar refractivity (Wildman–Crippen MR) is 145 cm³/mol. The van der Waals surface area contributed by atoms with Crippen molar-refractivity contribution in [2.45, 2.75) is 57.7 Å². The molecule has 0 bridgehead atoms. The number of carbonyl (C=O) groups is 2. The fraction of sp³-hybridized carbons (Fsp3) is 0.440. The first kappa shape index (κ1) is 28.6. The first-order chi connectivity index (χ1) is 17.0. The van der Waals surface area contributed by atoms with Crippen molar-refractivity contribution in [1.29, 1.82) is 0 Å². The zero-order valence-electron chi connectivity index (χ0n) is 20.2. The summed E-state index contributed by atoms with van der Waals surface area (Å²) < 4.78 is 26.2. The first-order valence-electron chi connectivity index (χ1n) is 11.7. The predicted octanol–water partition coefficient (Wildman–Crippen LogP) is 5.28. The molecule has 3 rings (SSSR count). The van der Waals surface area contributed by atoms with E-state index in [2.05, 4.69) is 5.32 Å². The van der Waals surface area contributed by atoms with Gasteiger partial charge in [0.05, 0.1) is 11.9 Å². The van der Waals surface area contributed by atoms with E-state index >= 15 is 0 Å². The number of anilines is 1. The van der Waals surface area contributed by atoms with Crippen LogP contribution >= 0.6 is 34.8 Å². The second kappa shape index (κ2) is 12.5. The summed E-state index contributed by atoms with van der Waals surface area (Å²) in [5.41, 5.74) is 0.878. The molecule has 7 nitrogen and oxygen atoms in total. The van der Waals surface area contributed by atoms with Gasteiger partial charge in [-0.3, -0.25) is 13.9 Å². The number of halogens is 3. The van der Waals surface area contributed by atoms with Gasteiger partial charge in [0.25, 0.3) is 0 Å². The van der Waals surface area contributed by atoms with Gasteiger partial charge in [-0.1, -0.05) is 60.1 Å². The highest BCUT2D eigenvalue weighted by atomic mass is 35.5. The molecule has 36 heavy (non-hydrogen) atoms. The summed E-state index contributed by atoms with van der Waals surface area (Å²) in [6.07, 6.45) is 6.06. The summed E-state index contributed by atoms with van der Waals surface area (Å²) >= 11 is 18.3. The van der Waals surface area contributed by atoms with Gasteiger partial charge in [0.15, 0.2) is 0 Å². The van der Waals surface area contributed by atoms with Crippen LogP contribution in [0.25, 0.3) is 0 Å². The Bertz CT molecular complexity index is 1190. The van der Waals surface area contributed by atoms with Crippen molar-refractivity contribution in [3.63, 3.8) is 0 Å². The van der Waals surface area contributed by atoms with E-state index in [1.165, 1.54) is 17.0 Å². The molecule has 1 fully saturated rings. The van der Waals surface area contributed by atoms with Crippen LogP contribution in [0.4, 0.5) is 5.69 Å². The molecule has 2 aromatic rings. The van der Waals surface area contributed by atoms with Crippen LogP contribution in [0.15, 0.2) is 42.5 Å². The summed E-state index contributed by atoms with van der Waals surface area (Å²) in [6.45, 7) is 1.14. The molecule has 0 heterocycles. The Morgan fingerprint density at radius 1 is 1.00 bits per heavy atom. The monoisotopic (exact) mass is 573 g/mol. The van der Waals surface area contributed by atoms with E-state index < -0.39 is 28.5 Å². The van der Waals surface area contributed by atoms with Gasteiger partial charge in [0.1, 0.15) is 12.6 Å². The number of amides is 2. The van der Waals surface area contributed by atoms with Gasteiger partial charge in [-0.05, 0) is 61.7 Å². The topological polar surface area (TPSA) is 86.8 Å². The molecule has 0 aromatic heterocycles. The highest BCUT2D eigenvalue weighted by molar-refractivity contribution is 7.92. The maximum atomic E-state index is 13.6. The lowest BCUT2D eigenvalue weighted by atomic mass is 9.95. The summed E-state index contributed by atoms with van der Waals surface area (Å²) in [5, 5.41) is 4.27. The van der Waals surface area contributed by atoms with Crippen LogP contribution in [0, 0.1) is 0 Å². The zero-order valence-corrected chi connectivity index (χ0v) is 23.3. The van der Waals surface area contributed by atoms with Crippen molar-refractivity contribution in [2.24, 2.45) is 0 Å². The quantitative estimate of drug-likeness (QED) is 0.442. The molecule has 1 saturated carbocycles. The molecular formula is C25H30Cl3N3O4S. The van der Waals surface area contributed by atoms with E-state index in [-0.39, 0.29) is 18.5 Å². The zero-order chi connectivity index (χ0) is 26.5. The minimum Gasteiger partial charge on any atom is -0.352 e. The summed E-state index contributed by atoms with van der Waals surface area (Å²) in [4.78, 5) is 28.1. The second-order valence-corrected chi connectivity index (χ2v) is 12.2. The van der Waals surface area contributed by atoms with Crippen molar-refractivity contribution in [2.75, 3.05) is 17.1 Å². The maximum absolute atomic E-state index is 13.6. The molecular weight excluding hydrogens is 545 g/mol. The number of nitrogens with one attached hydrogen (secondary N) is 1. The molecule has 2 aromatic carbocycles. The van der Waals surface area contributed by atoms with Crippen LogP contribution in [0.1, 0.15) is 44.6 Å². The van der Waals surface area contributed by atoms with Gasteiger partial charge >= 0.3 is 0 Å². The summed E-state index contributed by atoms with van der Waals surface area (Å²) in [6, 6.07) is 10.2. The van der Waals surface area contributed by atoms with Crippen LogP contribution < -0.4 is 9.62 Å². The van der Waals surface area contributed by atoms with E-state index in [0.717, 1.165) is 42.7 Å². The smallest absolute Gasteiger partial charge is 0.244 e. The number of carbonyl (C=O) groups excluding carboxylic acids is 2. The molecule has 0 spiro atoms. The van der Waals surface area contributed by atoms with E-state index in [0.29, 0.717) is 26.3 Å². The lowest BCUT2D eigenvalue weighted by Gasteiger charge is -2.33. The number of nitrogens with zero attached hydrogens (tertiary/aromatic N) is 2. The van der Waals surface area contributed by atoms with Crippen molar-refractivity contribution in [3.05, 3.63) is 63.1 Å². The Morgan fingerprint density at radius 2 is 1.61 bits per heavy atom. The Labute approximate surface area is 227 Å². The van der Waals surface area contributed by atoms with Gasteiger partial charge in [-0.2, -0.15) is 0 Å². The highest BCUT2D eigenvalue weighted by Crippen LogP contribution is 2.25. The Kier molecular flexibility index (Phi) is 9.92. The lowest BCUT2D eigenvalue weighted by molar-refractivity contribution is -0.139. The molecule has 0 unspecified atom stereocenters. The van der Waals surface area contributed by atoms with E-state index in [1.54, 1.807) is 37.3 Å². The molecule has 11 heteroatoms. The first-order valence-corrected chi connectivity index (χ1v) is 14.7. The third-order valence-electron chi connectivity index (χ3n) is 6.27. The number of hydrogen-bond acceptors (Lipinski definition) is 4. The third-order valence-corrected chi connectivity index (χ3v) is 8.25. The van der Waals surface area contributed by atoms with Crippen LogP contribution in [-0.2, 0) is 26.2 Å². The van der Waals surface area contributed by atoms with Crippen LogP contribution in [0.5, 0.6) is 0 Å². The van der Waals surface area contributed by atoms with Crippen molar-refractivity contribution >= 4 is 62.3 Å². The minimum atomic E-state index is -3.82. The van der Waals surface area contributed by atoms with Gasteiger partial charge in [-0.15, -0.1) is 0 Å². The Balaban J connectivity index is 1.89. The lowest BCUT2D eigenvalue weighted by Crippen LogP contribution is -2.53. The summed E-state index contributed by atoms with van der Waals surface area (Å²) in [5.74, 6) is -0.842. The second-order valence-electron chi connectivity index (χ2n) is 9.02. The molecule has 0 aliphatic heterocycles. The summed E-state index contributed by atoms with van der Waals surface area (Å²) in [7, 11) is -3.82. The van der Waals surface area contributed by atoms with Crippen molar-refractivity contribution < 1.29 is 18.0 Å². The number of hydrogen-bond donors (Lipinski definition) is 1. The van der Waals surface area contributed by atoms with Crippen molar-refractivity contribution in [3.8, 4) is 0 Å². The molecule has 196 valence electrons. The standard InChI is InChI=1S/C25H30Cl3N3O4S/c1-17(25(33)29-21-6-4-3-5-7-21)30(15-18-8-9-20(27)14-23(18)28)24(32)16-31(36(2,34)35)22-12-10-19(26)11-13-22/h8-14,17,21H,3-7,15-16H2,1-2H3,(H,29,33)/t17-/m1/s1. The molecule has 1 aliphatic carbocycles. The largest absolute Gasteiger partial charge is 0.352 e. The molecule has 0 radical (unpaired) electrons. The number of benzene rings is 2. The maximum Gasteiger partial charge on any atom is 0.244 e. The van der Waals surface area contributed by atoms with Crippen molar-refractivity contribution in [1.82, 2.24) is 10.2 Å². The molecule has 2 amide bonds. The molecule has 1 aliphatic rings. The Morgan fingerprint density at radius 3 is 2.19 bits per heavy atom.